The average Bonchev–Trinajstić information content (AvgIpc) is 2.48. The lowest BCUT2D eigenvalue weighted by Gasteiger charge is -2.11. The minimum absolute atomic E-state index is 0.146. The number of nitrogens with one attached hydrogen (secondary N) is 1. The predicted octanol–water partition coefficient (Wildman–Crippen LogP) is 3.95. The van der Waals surface area contributed by atoms with Crippen LogP contribution in [-0.4, -0.2) is 17.0 Å². The number of aliphatic carboxylic acids is 1. The molecular weight excluding hydrogens is 309 g/mol. The molecule has 0 radical (unpaired) electrons. The third-order valence-corrected chi connectivity index (χ3v) is 3.23. The van der Waals surface area contributed by atoms with E-state index in [2.05, 4.69) is 5.32 Å². The molecule has 0 atom stereocenters. The number of hydrogen-bond acceptors (Lipinski definition) is 2. The summed E-state index contributed by atoms with van der Waals surface area (Å²) in [6.45, 7) is 0. The highest BCUT2D eigenvalue weighted by Crippen LogP contribution is 2.30. The molecule has 2 aromatic rings. The van der Waals surface area contributed by atoms with Crippen molar-refractivity contribution in [2.24, 2.45) is 0 Å². The second-order valence-electron chi connectivity index (χ2n) is 4.64. The van der Waals surface area contributed by atoms with Crippen molar-refractivity contribution in [2.75, 3.05) is 5.32 Å². The van der Waals surface area contributed by atoms with E-state index < -0.39 is 17.7 Å². The van der Waals surface area contributed by atoms with E-state index in [1.54, 1.807) is 24.3 Å². The van der Waals surface area contributed by atoms with Crippen molar-refractivity contribution in [1.29, 1.82) is 0 Å². The predicted molar refractivity (Wildman–Crippen MR) is 82.3 cm³/mol. The fraction of sp³-hybridized carbons (Fsp3) is 0.125. The Morgan fingerprint density at radius 1 is 1.09 bits per heavy atom. The van der Waals surface area contributed by atoms with Gasteiger partial charge < -0.3 is 10.4 Å². The number of halogens is 2. The lowest BCUT2D eigenvalue weighted by molar-refractivity contribution is -0.138. The Balaban J connectivity index is 2.26. The zero-order chi connectivity index (χ0) is 16.1. The van der Waals surface area contributed by atoms with Gasteiger partial charge in [0.25, 0.3) is 0 Å². The van der Waals surface area contributed by atoms with Crippen molar-refractivity contribution < 1.29 is 19.1 Å². The maximum Gasteiger partial charge on any atom is 0.303 e. The largest absolute Gasteiger partial charge is 0.481 e. The normalized spacial score (nSPS) is 10.3. The van der Waals surface area contributed by atoms with E-state index in [9.17, 15) is 14.0 Å². The summed E-state index contributed by atoms with van der Waals surface area (Å²) in [7, 11) is 0. The molecule has 0 heterocycles. The Morgan fingerprint density at radius 2 is 1.77 bits per heavy atom. The van der Waals surface area contributed by atoms with Crippen molar-refractivity contribution in [2.45, 2.75) is 12.8 Å². The van der Waals surface area contributed by atoms with Crippen LogP contribution in [-0.2, 0) is 9.59 Å². The van der Waals surface area contributed by atoms with Crippen LogP contribution >= 0.6 is 11.6 Å². The number of hydrogen-bond donors (Lipinski definition) is 2. The summed E-state index contributed by atoms with van der Waals surface area (Å²) in [5.74, 6) is -1.93. The van der Waals surface area contributed by atoms with Crippen LogP contribution in [0.4, 0.5) is 10.1 Å². The number of carboxylic acids is 1. The molecular formula is C16H13ClFNO3. The first-order valence-corrected chi connectivity index (χ1v) is 6.90. The second kappa shape index (κ2) is 7.04. The summed E-state index contributed by atoms with van der Waals surface area (Å²) in [4.78, 5) is 22.2. The molecule has 1 amide bonds. The smallest absolute Gasteiger partial charge is 0.303 e. The van der Waals surface area contributed by atoms with Crippen molar-refractivity contribution in [1.82, 2.24) is 0 Å². The van der Waals surface area contributed by atoms with E-state index >= 15 is 0 Å². The SMILES string of the molecule is O=C(O)CCC(=O)Nc1ccc(F)cc1-c1ccc(Cl)cc1. The quantitative estimate of drug-likeness (QED) is 0.876. The van der Waals surface area contributed by atoms with Crippen LogP contribution in [0, 0.1) is 5.82 Å². The molecule has 0 unspecified atom stereocenters. The standard InChI is InChI=1S/C16H13ClFNO3/c17-11-3-1-10(2-4-11)13-9-12(18)5-6-14(13)19-15(20)7-8-16(21)22/h1-6,9H,7-8H2,(H,19,20)(H,21,22). The van der Waals surface area contributed by atoms with Crippen LogP contribution < -0.4 is 5.32 Å². The minimum atomic E-state index is -1.05. The molecule has 6 heteroatoms. The van der Waals surface area contributed by atoms with Crippen molar-refractivity contribution in [3.8, 4) is 11.1 Å². The number of amides is 1. The number of carboxylic acid groups (broad SMARTS) is 1. The van der Waals surface area contributed by atoms with Crippen LogP contribution in [0.5, 0.6) is 0 Å². The molecule has 2 rings (SSSR count). The second-order valence-corrected chi connectivity index (χ2v) is 5.08. The Kier molecular flexibility index (Phi) is 5.12. The van der Waals surface area contributed by atoms with Gasteiger partial charge in [0, 0.05) is 22.7 Å². The van der Waals surface area contributed by atoms with E-state index in [0.29, 0.717) is 21.8 Å². The van der Waals surface area contributed by atoms with Gasteiger partial charge in [0.1, 0.15) is 5.82 Å². The molecule has 2 aromatic carbocycles. The molecule has 2 N–H and O–H groups in total. The van der Waals surface area contributed by atoms with Crippen molar-refractivity contribution in [3.63, 3.8) is 0 Å². The molecule has 0 aliphatic rings. The Morgan fingerprint density at radius 3 is 2.41 bits per heavy atom. The van der Waals surface area contributed by atoms with Gasteiger partial charge in [-0.2, -0.15) is 0 Å². The third-order valence-electron chi connectivity index (χ3n) is 2.98. The molecule has 0 fully saturated rings. The number of benzene rings is 2. The summed E-state index contributed by atoms with van der Waals surface area (Å²) >= 11 is 5.83. The van der Waals surface area contributed by atoms with E-state index in [1.165, 1.54) is 18.2 Å². The first-order chi connectivity index (χ1) is 10.5. The van der Waals surface area contributed by atoms with E-state index in [0.717, 1.165) is 0 Å². The molecule has 0 bridgehead atoms. The zero-order valence-corrected chi connectivity index (χ0v) is 12.2. The van der Waals surface area contributed by atoms with Gasteiger partial charge in [-0.15, -0.1) is 0 Å². The van der Waals surface area contributed by atoms with Gasteiger partial charge in [0.15, 0.2) is 0 Å². The van der Waals surface area contributed by atoms with Gasteiger partial charge in [-0.25, -0.2) is 4.39 Å². The number of carbonyl (C=O) groups excluding carboxylic acids is 1. The fourth-order valence-corrected chi connectivity index (χ4v) is 2.05. The lowest BCUT2D eigenvalue weighted by atomic mass is 10.0. The third kappa shape index (κ3) is 4.30. The van der Waals surface area contributed by atoms with Crippen LogP contribution in [0.15, 0.2) is 42.5 Å². The van der Waals surface area contributed by atoms with E-state index in [4.69, 9.17) is 16.7 Å². The highest BCUT2D eigenvalue weighted by Gasteiger charge is 2.11. The maximum absolute atomic E-state index is 13.5. The number of anilines is 1. The van der Waals surface area contributed by atoms with Gasteiger partial charge in [-0.3, -0.25) is 9.59 Å². The summed E-state index contributed by atoms with van der Waals surface area (Å²) in [6.07, 6.45) is -0.407. The van der Waals surface area contributed by atoms with Gasteiger partial charge >= 0.3 is 5.97 Å². The van der Waals surface area contributed by atoms with Crippen molar-refractivity contribution >= 4 is 29.2 Å². The van der Waals surface area contributed by atoms with Gasteiger partial charge in [-0.05, 0) is 35.9 Å². The van der Waals surface area contributed by atoms with Gasteiger partial charge in [-0.1, -0.05) is 23.7 Å². The number of rotatable bonds is 5. The molecule has 114 valence electrons. The first kappa shape index (κ1) is 16.0. The molecule has 0 saturated heterocycles. The van der Waals surface area contributed by atoms with Gasteiger partial charge in [0.2, 0.25) is 5.91 Å². The lowest BCUT2D eigenvalue weighted by Crippen LogP contribution is -2.13. The van der Waals surface area contributed by atoms with Crippen LogP contribution in [0.25, 0.3) is 11.1 Å². The number of carbonyl (C=O) groups is 2. The Bertz CT molecular complexity index is 701. The molecule has 0 spiro atoms. The average molecular weight is 322 g/mol. The van der Waals surface area contributed by atoms with Gasteiger partial charge in [0.05, 0.1) is 6.42 Å². The molecule has 0 aliphatic heterocycles. The Hall–Kier alpha value is -2.40. The highest BCUT2D eigenvalue weighted by atomic mass is 35.5. The highest BCUT2D eigenvalue weighted by molar-refractivity contribution is 6.30. The molecule has 0 saturated carbocycles. The summed E-state index contributed by atoms with van der Waals surface area (Å²) in [6, 6.07) is 10.7. The first-order valence-electron chi connectivity index (χ1n) is 6.53. The van der Waals surface area contributed by atoms with Crippen LogP contribution in [0.3, 0.4) is 0 Å². The fourth-order valence-electron chi connectivity index (χ4n) is 1.93. The van der Waals surface area contributed by atoms with Crippen molar-refractivity contribution in [3.05, 3.63) is 53.3 Å². The minimum Gasteiger partial charge on any atom is -0.481 e. The zero-order valence-electron chi connectivity index (χ0n) is 11.5. The molecule has 0 aliphatic carbocycles. The van der Waals surface area contributed by atoms with E-state index in [-0.39, 0.29) is 12.8 Å². The van der Waals surface area contributed by atoms with Crippen LogP contribution in [0.2, 0.25) is 5.02 Å². The van der Waals surface area contributed by atoms with Crippen LogP contribution in [0.1, 0.15) is 12.8 Å². The summed E-state index contributed by atoms with van der Waals surface area (Å²) < 4.78 is 13.5. The Labute approximate surface area is 131 Å². The summed E-state index contributed by atoms with van der Waals surface area (Å²) in [5, 5.41) is 11.7. The topological polar surface area (TPSA) is 66.4 Å². The maximum atomic E-state index is 13.5. The monoisotopic (exact) mass is 321 g/mol. The molecule has 22 heavy (non-hydrogen) atoms. The molecule has 4 nitrogen and oxygen atoms in total. The molecule has 0 aromatic heterocycles. The summed E-state index contributed by atoms with van der Waals surface area (Å²) in [5.41, 5.74) is 1.61. The van der Waals surface area contributed by atoms with E-state index in [1.807, 2.05) is 0 Å².